The predicted molar refractivity (Wildman–Crippen MR) is 222 cm³/mol. The summed E-state index contributed by atoms with van der Waals surface area (Å²) < 4.78 is 7.42. The van der Waals surface area contributed by atoms with E-state index in [4.69, 9.17) is 38.5 Å². The van der Waals surface area contributed by atoms with Crippen LogP contribution in [-0.2, 0) is 38.3 Å². The number of guanidine groups is 1. The maximum absolute atomic E-state index is 13.3. The van der Waals surface area contributed by atoms with E-state index in [1.165, 1.54) is 17.2 Å². The Morgan fingerprint density at radius 3 is 2.02 bits per heavy atom. The van der Waals surface area contributed by atoms with Crippen molar-refractivity contribution in [2.45, 2.75) is 87.6 Å². The average molecular weight is 894 g/mol. The fourth-order valence-corrected chi connectivity index (χ4v) is 6.06. The van der Waals surface area contributed by atoms with E-state index in [0.717, 1.165) is 0 Å². The van der Waals surface area contributed by atoms with Gasteiger partial charge in [-0.2, -0.15) is 0 Å². The fraction of sp³-hybridized carbons (Fsp3) is 0.629. The van der Waals surface area contributed by atoms with Gasteiger partial charge in [0.15, 0.2) is 23.7 Å². The van der Waals surface area contributed by atoms with Crippen molar-refractivity contribution in [3.8, 4) is 0 Å². The lowest BCUT2D eigenvalue weighted by molar-refractivity contribution is -0.132. The molecule has 1 aliphatic heterocycles. The molecule has 20 N–H and O–H groups in total. The lowest BCUT2D eigenvalue weighted by atomic mass is 10.1. The summed E-state index contributed by atoms with van der Waals surface area (Å²) in [5, 5.41) is 47.6. The largest absolute Gasteiger partial charge is 0.394 e. The van der Waals surface area contributed by atoms with Crippen molar-refractivity contribution in [3.05, 3.63) is 12.7 Å². The third-order valence-electron chi connectivity index (χ3n) is 9.42. The van der Waals surface area contributed by atoms with Crippen LogP contribution in [0.2, 0.25) is 0 Å². The number of unbranched alkanes of at least 4 members (excludes halogenated alkanes) is 1. The van der Waals surface area contributed by atoms with E-state index in [9.17, 15) is 43.8 Å². The smallest absolute Gasteiger partial charge is 0.243 e. The van der Waals surface area contributed by atoms with Crippen LogP contribution in [0.4, 0.5) is 5.82 Å². The standard InChI is InChI=1S/C35H59N17O11/c36-8-2-1-5-19(32(61)45-12-23(55)43-11-22(38)54)50-25(57)14-46-33(62)20(51-24(56)13-44-31(60)18(37)15-53)6-3-9-41-35(40)42-10-4-7-21-27(58)28(59)34(63-21)52-17-49-26-29(39)47-16-48-30(26)52/h16-21,27-28,34,53,58-59H,1-15,36-37H2,(H2,38,54)(H,43,55)(H,44,60)(H,45,61)(H,46,62)(H,50,57)(H,51,56)(H2,39,47,48)(H3,40,41,42)/t18-,19-,20-,21+,27+,28+,34+/m0/s1. The molecule has 0 saturated carbocycles. The minimum atomic E-state index is -1.28. The summed E-state index contributed by atoms with van der Waals surface area (Å²) in [5.74, 6) is -5.12. The summed E-state index contributed by atoms with van der Waals surface area (Å²) in [6.45, 7) is -2.07. The molecule has 1 fully saturated rings. The van der Waals surface area contributed by atoms with E-state index in [1.807, 2.05) is 0 Å². The highest BCUT2D eigenvalue weighted by molar-refractivity contribution is 5.94. The number of aliphatic hydroxyl groups is 3. The van der Waals surface area contributed by atoms with Gasteiger partial charge in [-0.05, 0) is 51.5 Å². The number of carbonyl (C=O) groups excluding carboxylic acids is 7. The molecule has 1 aliphatic rings. The molecule has 0 aromatic carbocycles. The van der Waals surface area contributed by atoms with Crippen LogP contribution in [0.3, 0.4) is 0 Å². The molecule has 3 heterocycles. The van der Waals surface area contributed by atoms with Gasteiger partial charge in [0.25, 0.3) is 0 Å². The number of carbonyl (C=O) groups is 7. The van der Waals surface area contributed by atoms with Crippen LogP contribution in [0.25, 0.3) is 11.2 Å². The number of fused-ring (bicyclic) bond motifs is 1. The van der Waals surface area contributed by atoms with Crippen molar-refractivity contribution >= 4 is 64.3 Å². The summed E-state index contributed by atoms with van der Waals surface area (Å²) in [5.41, 5.74) is 28.5. The highest BCUT2D eigenvalue weighted by atomic mass is 16.6. The SMILES string of the molecule is NCCCC[C@H](NC(=O)CNC(=O)[C@H](CCCN=C(N)NCCC[C@H]1O[C@@H](n2cnc3c(N)ncnc32)[C@H](O)[C@@H]1O)NC(=O)CNC(=O)[C@@H](N)CO)C(=O)NCC(=O)NCC(N)=O. The first kappa shape index (κ1) is 51.0. The van der Waals surface area contributed by atoms with Crippen LogP contribution in [0.1, 0.15) is 51.2 Å². The van der Waals surface area contributed by atoms with Gasteiger partial charge in [0, 0.05) is 13.1 Å². The minimum Gasteiger partial charge on any atom is -0.394 e. The van der Waals surface area contributed by atoms with Crippen LogP contribution in [0.15, 0.2) is 17.6 Å². The number of primary amides is 1. The molecule has 2 aromatic rings. The molecule has 7 atom stereocenters. The number of aliphatic hydroxyl groups excluding tert-OH is 3. The van der Waals surface area contributed by atoms with E-state index < -0.39 is 117 Å². The number of amides is 7. The van der Waals surface area contributed by atoms with Gasteiger partial charge < -0.3 is 85.9 Å². The zero-order chi connectivity index (χ0) is 46.5. The molecule has 28 heteroatoms. The van der Waals surface area contributed by atoms with Crippen molar-refractivity contribution in [2.75, 3.05) is 58.2 Å². The minimum absolute atomic E-state index is 0.00671. The highest BCUT2D eigenvalue weighted by Crippen LogP contribution is 2.33. The highest BCUT2D eigenvalue weighted by Gasteiger charge is 2.44. The summed E-state index contributed by atoms with van der Waals surface area (Å²) in [6, 6.07) is -3.62. The Labute approximate surface area is 360 Å². The Bertz CT molecular complexity index is 1900. The van der Waals surface area contributed by atoms with Gasteiger partial charge in [0.1, 0.15) is 42.2 Å². The fourth-order valence-electron chi connectivity index (χ4n) is 6.06. The molecule has 0 radical (unpaired) electrons. The molecule has 3 rings (SSSR count). The Hall–Kier alpha value is -6.33. The van der Waals surface area contributed by atoms with Crippen molar-refractivity contribution in [3.63, 3.8) is 0 Å². The number of nitrogens with zero attached hydrogens (tertiary/aromatic N) is 5. The maximum Gasteiger partial charge on any atom is 0.243 e. The predicted octanol–water partition coefficient (Wildman–Crippen LogP) is -8.14. The normalized spacial score (nSPS) is 18.7. The molecule has 2 aromatic heterocycles. The van der Waals surface area contributed by atoms with Crippen LogP contribution in [0.5, 0.6) is 0 Å². The molecular formula is C35H59N17O11. The number of ether oxygens (including phenoxy) is 1. The van der Waals surface area contributed by atoms with Crippen LogP contribution < -0.4 is 65.9 Å². The third-order valence-corrected chi connectivity index (χ3v) is 9.42. The molecule has 0 spiro atoms. The van der Waals surface area contributed by atoms with Gasteiger partial charge in [-0.3, -0.25) is 43.1 Å². The second-order valence-corrected chi connectivity index (χ2v) is 14.3. The number of nitrogens with two attached hydrogens (primary N) is 5. The first-order valence-corrected chi connectivity index (χ1v) is 20.1. The van der Waals surface area contributed by atoms with Crippen molar-refractivity contribution in [2.24, 2.45) is 27.9 Å². The number of aliphatic imine (C=N–C) groups is 1. The number of nitrogen functional groups attached to an aromatic ring is 1. The van der Waals surface area contributed by atoms with Crippen molar-refractivity contribution in [1.82, 2.24) is 56.7 Å². The molecular weight excluding hydrogens is 834 g/mol. The first-order chi connectivity index (χ1) is 30.1. The topological polar surface area (TPSA) is 460 Å². The van der Waals surface area contributed by atoms with E-state index in [-0.39, 0.29) is 37.6 Å². The Balaban J connectivity index is 1.51. The van der Waals surface area contributed by atoms with E-state index in [2.05, 4.69) is 57.2 Å². The number of nitrogens with one attached hydrogen (secondary N) is 7. The van der Waals surface area contributed by atoms with Crippen molar-refractivity contribution in [1.29, 1.82) is 0 Å². The Kier molecular flexibility index (Phi) is 21.2. The first-order valence-electron chi connectivity index (χ1n) is 20.1. The van der Waals surface area contributed by atoms with Gasteiger partial charge >= 0.3 is 0 Å². The number of anilines is 1. The van der Waals surface area contributed by atoms with E-state index >= 15 is 0 Å². The zero-order valence-corrected chi connectivity index (χ0v) is 34.5. The zero-order valence-electron chi connectivity index (χ0n) is 34.5. The maximum atomic E-state index is 13.3. The average Bonchev–Trinajstić information content (AvgIpc) is 3.82. The summed E-state index contributed by atoms with van der Waals surface area (Å²) in [6.07, 6.45) is 0.579. The number of aromatic nitrogens is 4. The Morgan fingerprint density at radius 2 is 1.40 bits per heavy atom. The molecule has 0 aliphatic carbocycles. The van der Waals surface area contributed by atoms with Gasteiger partial charge in [-0.25, -0.2) is 15.0 Å². The molecule has 0 bridgehead atoms. The number of imidazole rings is 1. The second-order valence-electron chi connectivity index (χ2n) is 14.3. The van der Waals surface area contributed by atoms with Crippen LogP contribution >= 0.6 is 0 Å². The molecule has 0 unspecified atom stereocenters. The number of hydrogen-bond acceptors (Lipinski definition) is 18. The molecule has 7 amide bonds. The lowest BCUT2D eigenvalue weighted by Gasteiger charge is -2.20. The second kappa shape index (κ2) is 26.2. The molecule has 350 valence electrons. The summed E-state index contributed by atoms with van der Waals surface area (Å²) >= 11 is 0. The molecule has 28 nitrogen and oxygen atoms in total. The van der Waals surface area contributed by atoms with Crippen LogP contribution in [0, 0.1) is 0 Å². The summed E-state index contributed by atoms with van der Waals surface area (Å²) in [7, 11) is 0. The third kappa shape index (κ3) is 16.8. The Morgan fingerprint density at radius 1 is 0.778 bits per heavy atom. The van der Waals surface area contributed by atoms with Crippen LogP contribution in [-0.4, -0.2) is 171 Å². The van der Waals surface area contributed by atoms with Crippen molar-refractivity contribution < 1.29 is 53.6 Å². The molecule has 1 saturated heterocycles. The quantitative estimate of drug-likeness (QED) is 0.0225. The lowest BCUT2D eigenvalue weighted by Crippen LogP contribution is -2.54. The van der Waals surface area contributed by atoms with Gasteiger partial charge in [0.2, 0.25) is 41.4 Å². The van der Waals surface area contributed by atoms with Gasteiger partial charge in [-0.1, -0.05) is 0 Å². The summed E-state index contributed by atoms with van der Waals surface area (Å²) in [4.78, 5) is 103. The van der Waals surface area contributed by atoms with Gasteiger partial charge in [0.05, 0.1) is 45.2 Å². The van der Waals surface area contributed by atoms with E-state index in [0.29, 0.717) is 49.9 Å². The van der Waals surface area contributed by atoms with Gasteiger partial charge in [-0.15, -0.1) is 0 Å². The monoisotopic (exact) mass is 893 g/mol. The number of rotatable bonds is 27. The van der Waals surface area contributed by atoms with E-state index in [1.54, 1.807) is 0 Å². The number of hydrogen-bond donors (Lipinski definition) is 15. The molecule has 63 heavy (non-hydrogen) atoms.